The van der Waals surface area contributed by atoms with Crippen molar-refractivity contribution in [3.8, 4) is 11.5 Å². The third-order valence-corrected chi connectivity index (χ3v) is 3.18. The molecule has 0 aliphatic carbocycles. The Morgan fingerprint density at radius 2 is 1.88 bits per heavy atom. The maximum Gasteiger partial charge on any atom is 0.408 e. The lowest BCUT2D eigenvalue weighted by atomic mass is 10.1. The molecule has 1 aromatic rings. The van der Waals surface area contributed by atoms with Crippen LogP contribution in [0.2, 0.25) is 0 Å². The fourth-order valence-electron chi connectivity index (χ4n) is 2.07. The van der Waals surface area contributed by atoms with Crippen LogP contribution in [0.5, 0.6) is 11.5 Å². The van der Waals surface area contributed by atoms with Gasteiger partial charge in [0.15, 0.2) is 11.5 Å². The first-order valence-electron chi connectivity index (χ1n) is 8.17. The molecule has 0 aliphatic rings. The molecule has 1 unspecified atom stereocenters. The highest BCUT2D eigenvalue weighted by Gasteiger charge is 2.25. The number of esters is 1. The minimum absolute atomic E-state index is 0.0699. The molecular formula is C18H27NO7. The number of phenols is 1. The van der Waals surface area contributed by atoms with Crippen molar-refractivity contribution in [3.63, 3.8) is 0 Å². The van der Waals surface area contributed by atoms with Crippen molar-refractivity contribution < 1.29 is 33.6 Å². The van der Waals surface area contributed by atoms with E-state index in [1.165, 1.54) is 13.2 Å². The highest BCUT2D eigenvalue weighted by Crippen LogP contribution is 2.27. The van der Waals surface area contributed by atoms with Crippen molar-refractivity contribution >= 4 is 12.1 Å². The molecule has 26 heavy (non-hydrogen) atoms. The van der Waals surface area contributed by atoms with Gasteiger partial charge >= 0.3 is 12.1 Å². The Bertz CT molecular complexity index is 610. The van der Waals surface area contributed by atoms with Gasteiger partial charge in [-0.3, -0.25) is 0 Å². The van der Waals surface area contributed by atoms with E-state index in [1.54, 1.807) is 40.0 Å². The summed E-state index contributed by atoms with van der Waals surface area (Å²) in [6, 6.07) is 3.79. The minimum atomic E-state index is -0.950. The predicted molar refractivity (Wildman–Crippen MR) is 94.4 cm³/mol. The van der Waals surface area contributed by atoms with Gasteiger partial charge in [-0.05, 0) is 38.5 Å². The maximum atomic E-state index is 12.0. The molecule has 0 spiro atoms. The molecular weight excluding hydrogens is 342 g/mol. The van der Waals surface area contributed by atoms with Crippen LogP contribution in [0.3, 0.4) is 0 Å². The first-order valence-corrected chi connectivity index (χ1v) is 8.17. The number of methoxy groups -OCH3 is 2. The second-order valence-corrected chi connectivity index (χ2v) is 6.57. The van der Waals surface area contributed by atoms with Crippen LogP contribution in [0.15, 0.2) is 18.2 Å². The van der Waals surface area contributed by atoms with E-state index < -0.39 is 23.7 Å². The molecule has 1 atom stereocenters. The lowest BCUT2D eigenvalue weighted by molar-refractivity contribution is -0.143. The second kappa shape index (κ2) is 9.86. The molecule has 8 heteroatoms. The van der Waals surface area contributed by atoms with Crippen molar-refractivity contribution in [2.75, 3.05) is 27.4 Å². The summed E-state index contributed by atoms with van der Waals surface area (Å²) in [5.41, 5.74) is -0.0717. The van der Waals surface area contributed by atoms with E-state index >= 15 is 0 Å². The van der Waals surface area contributed by atoms with Gasteiger partial charge in [0.2, 0.25) is 0 Å². The van der Waals surface area contributed by atoms with Gasteiger partial charge in [-0.25, -0.2) is 9.59 Å². The summed E-state index contributed by atoms with van der Waals surface area (Å²) in [7, 11) is 2.78. The molecule has 8 nitrogen and oxygen atoms in total. The van der Waals surface area contributed by atoms with Crippen LogP contribution in [-0.2, 0) is 25.4 Å². The van der Waals surface area contributed by atoms with Crippen molar-refractivity contribution in [3.05, 3.63) is 23.8 Å². The van der Waals surface area contributed by atoms with Crippen LogP contribution in [0.1, 0.15) is 26.3 Å². The van der Waals surface area contributed by atoms with E-state index in [4.69, 9.17) is 18.9 Å². The van der Waals surface area contributed by atoms with Crippen LogP contribution in [-0.4, -0.2) is 56.2 Å². The number of alkyl carbamates (subject to hydrolysis) is 1. The standard InChI is InChI=1S/C18H27NO7/c1-18(2,3)26-17(22)19-13(16(21)24-5)10-12-6-7-15(14(20)11-12)25-9-8-23-4/h6-7,11,13,20H,8-10H2,1-5H3,(H,19,22). The Hall–Kier alpha value is -2.48. The summed E-state index contributed by atoms with van der Waals surface area (Å²) in [4.78, 5) is 23.9. The van der Waals surface area contributed by atoms with Gasteiger partial charge in [-0.2, -0.15) is 0 Å². The van der Waals surface area contributed by atoms with E-state index in [0.717, 1.165) is 0 Å². The number of phenolic OH excluding ortho intramolecular Hbond substituents is 1. The number of benzene rings is 1. The van der Waals surface area contributed by atoms with Crippen LogP contribution >= 0.6 is 0 Å². The molecule has 2 N–H and O–H groups in total. The summed E-state index contributed by atoms with van der Waals surface area (Å²) >= 11 is 0. The number of hydrogen-bond acceptors (Lipinski definition) is 7. The largest absolute Gasteiger partial charge is 0.504 e. The summed E-state index contributed by atoms with van der Waals surface area (Å²) in [5, 5.41) is 12.5. The Morgan fingerprint density at radius 1 is 1.19 bits per heavy atom. The van der Waals surface area contributed by atoms with Crippen LogP contribution in [0, 0.1) is 0 Å². The van der Waals surface area contributed by atoms with Crippen molar-refractivity contribution in [1.82, 2.24) is 5.32 Å². The van der Waals surface area contributed by atoms with E-state index in [2.05, 4.69) is 5.32 Å². The first kappa shape index (κ1) is 21.6. The lowest BCUT2D eigenvalue weighted by Crippen LogP contribution is -2.45. The van der Waals surface area contributed by atoms with E-state index in [0.29, 0.717) is 24.5 Å². The molecule has 146 valence electrons. The van der Waals surface area contributed by atoms with Gasteiger partial charge in [-0.15, -0.1) is 0 Å². The van der Waals surface area contributed by atoms with Gasteiger partial charge in [0, 0.05) is 13.5 Å². The smallest absolute Gasteiger partial charge is 0.408 e. The predicted octanol–water partition coefficient (Wildman–Crippen LogP) is 2.03. The number of aromatic hydroxyl groups is 1. The van der Waals surface area contributed by atoms with Crippen molar-refractivity contribution in [1.29, 1.82) is 0 Å². The zero-order chi connectivity index (χ0) is 19.7. The van der Waals surface area contributed by atoms with Crippen molar-refractivity contribution in [2.24, 2.45) is 0 Å². The highest BCUT2D eigenvalue weighted by molar-refractivity contribution is 5.81. The number of hydrogen-bond donors (Lipinski definition) is 2. The fraction of sp³-hybridized carbons (Fsp3) is 0.556. The average molecular weight is 369 g/mol. The van der Waals surface area contributed by atoms with Gasteiger partial charge in [0.05, 0.1) is 13.7 Å². The maximum absolute atomic E-state index is 12.0. The number of rotatable bonds is 8. The number of carbonyl (C=O) groups excluding carboxylic acids is 2. The Morgan fingerprint density at radius 3 is 2.42 bits per heavy atom. The summed E-state index contributed by atoms with van der Waals surface area (Å²) < 4.78 is 20.1. The van der Waals surface area contributed by atoms with Gasteiger partial charge in [0.25, 0.3) is 0 Å². The highest BCUT2D eigenvalue weighted by atomic mass is 16.6. The summed E-state index contributed by atoms with van der Waals surface area (Å²) in [6.07, 6.45) is -0.602. The third-order valence-electron chi connectivity index (χ3n) is 3.18. The van der Waals surface area contributed by atoms with Crippen LogP contribution in [0.25, 0.3) is 0 Å². The van der Waals surface area contributed by atoms with Crippen LogP contribution in [0.4, 0.5) is 4.79 Å². The number of amides is 1. The number of carbonyl (C=O) groups is 2. The Balaban J connectivity index is 2.80. The summed E-state index contributed by atoms with van der Waals surface area (Å²) in [6.45, 7) is 5.86. The number of nitrogens with one attached hydrogen (secondary N) is 1. The fourth-order valence-corrected chi connectivity index (χ4v) is 2.07. The molecule has 1 rings (SSSR count). The molecule has 1 amide bonds. The topological polar surface area (TPSA) is 103 Å². The quantitative estimate of drug-likeness (QED) is 0.534. The Kier molecular flexibility index (Phi) is 8.18. The van der Waals surface area contributed by atoms with Crippen LogP contribution < -0.4 is 10.1 Å². The van der Waals surface area contributed by atoms with E-state index in [-0.39, 0.29) is 12.2 Å². The molecule has 0 saturated carbocycles. The third kappa shape index (κ3) is 7.60. The Labute approximate surface area is 153 Å². The van der Waals surface area contributed by atoms with Gasteiger partial charge in [0.1, 0.15) is 18.2 Å². The van der Waals surface area contributed by atoms with Gasteiger partial charge < -0.3 is 29.4 Å². The lowest BCUT2D eigenvalue weighted by Gasteiger charge is -2.22. The zero-order valence-corrected chi connectivity index (χ0v) is 15.8. The zero-order valence-electron chi connectivity index (χ0n) is 15.8. The SMILES string of the molecule is COCCOc1ccc(CC(NC(=O)OC(C)(C)C)C(=O)OC)cc1O. The first-order chi connectivity index (χ1) is 12.2. The van der Waals surface area contributed by atoms with Crippen molar-refractivity contribution in [2.45, 2.75) is 38.8 Å². The molecule has 0 bridgehead atoms. The molecule has 0 aliphatic heterocycles. The molecule has 0 radical (unpaired) electrons. The average Bonchev–Trinajstić information content (AvgIpc) is 2.54. The molecule has 0 saturated heterocycles. The minimum Gasteiger partial charge on any atom is -0.504 e. The van der Waals surface area contributed by atoms with Gasteiger partial charge in [-0.1, -0.05) is 6.07 Å². The molecule has 1 aromatic carbocycles. The molecule has 0 fully saturated rings. The monoisotopic (exact) mass is 369 g/mol. The second-order valence-electron chi connectivity index (χ2n) is 6.57. The summed E-state index contributed by atoms with van der Waals surface area (Å²) in [5.74, 6) is -0.379. The normalized spacial score (nSPS) is 12.2. The molecule has 0 heterocycles. The molecule has 0 aromatic heterocycles. The number of ether oxygens (including phenoxy) is 4. The van der Waals surface area contributed by atoms with E-state index in [9.17, 15) is 14.7 Å². The van der Waals surface area contributed by atoms with E-state index in [1.807, 2.05) is 0 Å².